The number of aromatic nitrogens is 1. The zero-order chi connectivity index (χ0) is 18.7. The molecular weight excluding hydrogens is 334 g/mol. The molecule has 26 heavy (non-hydrogen) atoms. The number of carbonyl (C=O) groups excluding carboxylic acids is 1. The summed E-state index contributed by atoms with van der Waals surface area (Å²) in [5.74, 6) is 1.31. The normalized spacial score (nSPS) is 13.9. The zero-order valence-corrected chi connectivity index (χ0v) is 15.2. The van der Waals surface area contributed by atoms with Crippen LogP contribution >= 0.6 is 0 Å². The number of ether oxygens (including phenoxy) is 2. The number of hydrogen-bond donors (Lipinski definition) is 1. The quantitative estimate of drug-likeness (QED) is 0.892. The molecule has 2 amide bonds. The van der Waals surface area contributed by atoms with Crippen LogP contribution in [0.1, 0.15) is 12.6 Å². The lowest BCUT2D eigenvalue weighted by atomic mass is 10.2. The van der Waals surface area contributed by atoms with Crippen LogP contribution in [-0.4, -0.2) is 41.3 Å². The number of nitrogens with one attached hydrogen (secondary N) is 1. The highest BCUT2D eigenvalue weighted by Gasteiger charge is 2.32. The lowest BCUT2D eigenvalue weighted by Gasteiger charge is -2.38. The second kappa shape index (κ2) is 7.51. The first-order chi connectivity index (χ1) is 12.5. The fraction of sp³-hybridized carbons (Fsp3) is 0.368. The third kappa shape index (κ3) is 3.99. The van der Waals surface area contributed by atoms with E-state index in [2.05, 4.69) is 5.32 Å². The first kappa shape index (κ1) is 17.8. The molecule has 0 spiro atoms. The van der Waals surface area contributed by atoms with Gasteiger partial charge in [0.15, 0.2) is 0 Å². The number of likely N-dealkylation sites (tertiary alicyclic amines) is 1. The highest BCUT2D eigenvalue weighted by atomic mass is 16.5. The van der Waals surface area contributed by atoms with Crippen molar-refractivity contribution in [1.29, 1.82) is 0 Å². The van der Waals surface area contributed by atoms with E-state index in [9.17, 15) is 9.59 Å². The summed E-state index contributed by atoms with van der Waals surface area (Å²) in [6.07, 6.45) is -0.104. The summed E-state index contributed by atoms with van der Waals surface area (Å²) in [4.78, 5) is 25.7. The molecule has 0 unspecified atom stereocenters. The third-order valence-electron chi connectivity index (χ3n) is 4.33. The molecule has 1 aliphatic rings. The maximum atomic E-state index is 12.2. The molecule has 1 aromatic carbocycles. The minimum atomic E-state index is -0.172. The van der Waals surface area contributed by atoms with E-state index in [1.807, 2.05) is 32.0 Å². The van der Waals surface area contributed by atoms with Crippen molar-refractivity contribution in [3.63, 3.8) is 0 Å². The summed E-state index contributed by atoms with van der Waals surface area (Å²) in [5.41, 5.74) is 1.44. The van der Waals surface area contributed by atoms with E-state index in [4.69, 9.17) is 9.47 Å². The molecule has 0 radical (unpaired) electrons. The van der Waals surface area contributed by atoms with Gasteiger partial charge in [-0.25, -0.2) is 4.79 Å². The molecule has 7 heteroatoms. The van der Waals surface area contributed by atoms with Crippen LogP contribution < -0.4 is 20.3 Å². The average molecular weight is 357 g/mol. The van der Waals surface area contributed by atoms with Gasteiger partial charge in [-0.05, 0) is 44.2 Å². The Bertz CT molecular complexity index is 839. The van der Waals surface area contributed by atoms with Crippen molar-refractivity contribution in [2.24, 2.45) is 7.05 Å². The lowest BCUT2D eigenvalue weighted by Crippen LogP contribution is -2.57. The molecule has 0 bridgehead atoms. The zero-order valence-electron chi connectivity index (χ0n) is 15.2. The Kier molecular flexibility index (Phi) is 5.16. The van der Waals surface area contributed by atoms with Gasteiger partial charge in [-0.15, -0.1) is 0 Å². The Morgan fingerprint density at radius 3 is 2.50 bits per heavy atom. The Morgan fingerprint density at radius 2 is 1.88 bits per heavy atom. The summed E-state index contributed by atoms with van der Waals surface area (Å²) < 4.78 is 12.7. The molecule has 0 saturated carbocycles. The first-order valence-corrected chi connectivity index (χ1v) is 8.59. The summed E-state index contributed by atoms with van der Waals surface area (Å²) in [6.45, 7) is 5.35. The SMILES string of the molecule is CCOc1ccc(NC(=O)N2CC(Oc3cc(C)n(C)c(=O)c3)C2)cc1. The average Bonchev–Trinajstić information content (AvgIpc) is 2.57. The van der Waals surface area contributed by atoms with Crippen LogP contribution in [0.2, 0.25) is 0 Å². The second-order valence-corrected chi connectivity index (χ2v) is 6.26. The molecule has 1 saturated heterocycles. The molecule has 1 fully saturated rings. The van der Waals surface area contributed by atoms with Gasteiger partial charge >= 0.3 is 6.03 Å². The molecule has 7 nitrogen and oxygen atoms in total. The van der Waals surface area contributed by atoms with E-state index in [0.29, 0.717) is 31.1 Å². The molecule has 3 rings (SSSR count). The van der Waals surface area contributed by atoms with Gasteiger partial charge in [0.05, 0.1) is 19.7 Å². The van der Waals surface area contributed by atoms with Crippen molar-refractivity contribution in [2.45, 2.75) is 20.0 Å². The number of hydrogen-bond acceptors (Lipinski definition) is 4. The van der Waals surface area contributed by atoms with Crippen LogP contribution in [0.25, 0.3) is 0 Å². The van der Waals surface area contributed by atoms with Gasteiger partial charge in [-0.3, -0.25) is 4.79 Å². The molecule has 1 aliphatic heterocycles. The maximum Gasteiger partial charge on any atom is 0.322 e. The van der Waals surface area contributed by atoms with Crippen molar-refractivity contribution in [1.82, 2.24) is 9.47 Å². The first-order valence-electron chi connectivity index (χ1n) is 8.59. The minimum Gasteiger partial charge on any atom is -0.494 e. The van der Waals surface area contributed by atoms with Gasteiger partial charge in [0.25, 0.3) is 5.56 Å². The van der Waals surface area contributed by atoms with Gasteiger partial charge in [0, 0.05) is 24.5 Å². The van der Waals surface area contributed by atoms with E-state index < -0.39 is 0 Å². The Balaban J connectivity index is 1.50. The maximum absolute atomic E-state index is 12.2. The number of carbonyl (C=O) groups is 1. The van der Waals surface area contributed by atoms with Gasteiger partial charge in [-0.1, -0.05) is 0 Å². The second-order valence-electron chi connectivity index (χ2n) is 6.26. The molecular formula is C19H23N3O4. The third-order valence-corrected chi connectivity index (χ3v) is 4.33. The van der Waals surface area contributed by atoms with Gasteiger partial charge in [0.1, 0.15) is 17.6 Å². The number of nitrogens with zero attached hydrogens (tertiary/aromatic N) is 2. The van der Waals surface area contributed by atoms with Crippen molar-refractivity contribution in [3.05, 3.63) is 52.4 Å². The number of pyridine rings is 1. The number of aryl methyl sites for hydroxylation is 1. The molecule has 2 aromatic rings. The van der Waals surface area contributed by atoms with Crippen LogP contribution in [0.3, 0.4) is 0 Å². The number of urea groups is 1. The van der Waals surface area contributed by atoms with Crippen molar-refractivity contribution in [2.75, 3.05) is 25.0 Å². The lowest BCUT2D eigenvalue weighted by molar-refractivity contribution is 0.0490. The number of benzene rings is 1. The summed E-state index contributed by atoms with van der Waals surface area (Å²) in [6, 6.07) is 10.4. The fourth-order valence-corrected chi connectivity index (χ4v) is 2.68. The molecule has 2 heterocycles. The van der Waals surface area contributed by atoms with E-state index >= 15 is 0 Å². The van der Waals surface area contributed by atoms with E-state index in [0.717, 1.165) is 11.4 Å². The summed E-state index contributed by atoms with van der Waals surface area (Å²) in [5, 5.41) is 2.85. The van der Waals surface area contributed by atoms with Gasteiger partial charge < -0.3 is 24.3 Å². The van der Waals surface area contributed by atoms with Crippen LogP contribution in [0.4, 0.5) is 10.5 Å². The predicted molar refractivity (Wildman–Crippen MR) is 99.0 cm³/mol. The van der Waals surface area contributed by atoms with Crippen LogP contribution in [0.15, 0.2) is 41.2 Å². The van der Waals surface area contributed by atoms with Crippen molar-refractivity contribution in [3.8, 4) is 11.5 Å². The monoisotopic (exact) mass is 357 g/mol. The van der Waals surface area contributed by atoms with E-state index in [1.165, 1.54) is 6.07 Å². The van der Waals surface area contributed by atoms with Crippen molar-refractivity contribution < 1.29 is 14.3 Å². The van der Waals surface area contributed by atoms with E-state index in [1.54, 1.807) is 28.6 Å². The van der Waals surface area contributed by atoms with Gasteiger partial charge in [0.2, 0.25) is 0 Å². The summed E-state index contributed by atoms with van der Waals surface area (Å²) >= 11 is 0. The molecule has 0 atom stereocenters. The minimum absolute atomic E-state index is 0.104. The Labute approximate surface area is 152 Å². The Morgan fingerprint density at radius 1 is 1.19 bits per heavy atom. The fourth-order valence-electron chi connectivity index (χ4n) is 2.68. The topological polar surface area (TPSA) is 72.8 Å². The number of amides is 2. The highest BCUT2D eigenvalue weighted by Crippen LogP contribution is 2.20. The molecule has 1 N–H and O–H groups in total. The predicted octanol–water partition coefficient (Wildman–Crippen LogP) is 2.39. The van der Waals surface area contributed by atoms with Crippen LogP contribution in [0, 0.1) is 6.92 Å². The number of anilines is 1. The van der Waals surface area contributed by atoms with Gasteiger partial charge in [-0.2, -0.15) is 0 Å². The highest BCUT2D eigenvalue weighted by molar-refractivity contribution is 5.90. The molecule has 138 valence electrons. The molecule has 0 aliphatic carbocycles. The van der Waals surface area contributed by atoms with E-state index in [-0.39, 0.29) is 17.7 Å². The van der Waals surface area contributed by atoms with Crippen molar-refractivity contribution >= 4 is 11.7 Å². The smallest absolute Gasteiger partial charge is 0.322 e. The largest absolute Gasteiger partial charge is 0.494 e. The standard InChI is InChI=1S/C19H23N3O4/c1-4-25-15-7-5-14(6-8-15)20-19(24)22-11-17(12-22)26-16-9-13(2)21(3)18(23)10-16/h5-10,17H,4,11-12H2,1-3H3,(H,20,24). The number of rotatable bonds is 5. The summed E-state index contributed by atoms with van der Waals surface area (Å²) in [7, 11) is 1.72. The molecule has 1 aromatic heterocycles. The Hall–Kier alpha value is -2.96. The van der Waals surface area contributed by atoms with Crippen LogP contribution in [0.5, 0.6) is 11.5 Å². The van der Waals surface area contributed by atoms with Crippen LogP contribution in [-0.2, 0) is 7.05 Å².